The van der Waals surface area contributed by atoms with E-state index in [0.29, 0.717) is 0 Å². The summed E-state index contributed by atoms with van der Waals surface area (Å²) in [5, 5.41) is 9.24. The van der Waals surface area contributed by atoms with E-state index in [9.17, 15) is 9.90 Å². The van der Waals surface area contributed by atoms with E-state index in [2.05, 4.69) is 0 Å². The summed E-state index contributed by atoms with van der Waals surface area (Å²) in [4.78, 5) is 13.9. The van der Waals surface area contributed by atoms with Crippen LogP contribution in [0.2, 0.25) is 0 Å². The Balaban J connectivity index is 2.57. The van der Waals surface area contributed by atoms with Crippen LogP contribution in [-0.4, -0.2) is 41.1 Å². The van der Waals surface area contributed by atoms with Crippen LogP contribution in [0.5, 0.6) is 0 Å². The smallest absolute Gasteiger partial charge is 0.225 e. The van der Waals surface area contributed by atoms with Gasteiger partial charge in [0.15, 0.2) is 0 Å². The van der Waals surface area contributed by atoms with Gasteiger partial charge in [-0.15, -0.1) is 0 Å². The number of carbonyl (C=O) groups is 1. The van der Waals surface area contributed by atoms with Gasteiger partial charge in [-0.05, 0) is 39.5 Å². The molecule has 94 valence electrons. The largest absolute Gasteiger partial charge is 0.394 e. The summed E-state index contributed by atoms with van der Waals surface area (Å²) >= 11 is 0. The van der Waals surface area contributed by atoms with Crippen molar-refractivity contribution in [3.63, 3.8) is 0 Å². The number of likely N-dealkylation sites (N-methyl/N-ethyl adjacent to an activating group) is 1. The number of amides is 1. The molecular weight excluding hydrogens is 204 g/mol. The maximum Gasteiger partial charge on any atom is 0.225 e. The van der Waals surface area contributed by atoms with Gasteiger partial charge < -0.3 is 15.7 Å². The maximum atomic E-state index is 12.2. The summed E-state index contributed by atoms with van der Waals surface area (Å²) in [6.07, 6.45) is 3.63. The summed E-state index contributed by atoms with van der Waals surface area (Å²) in [6, 6.07) is 0.264. The zero-order chi connectivity index (χ0) is 12.3. The first-order chi connectivity index (χ1) is 7.38. The summed E-state index contributed by atoms with van der Waals surface area (Å²) in [5.41, 5.74) is 5.34. The fourth-order valence-corrected chi connectivity index (χ4v) is 2.04. The lowest BCUT2D eigenvalue weighted by atomic mass is 9.85. The topological polar surface area (TPSA) is 66.6 Å². The van der Waals surface area contributed by atoms with Crippen molar-refractivity contribution >= 4 is 5.91 Å². The van der Waals surface area contributed by atoms with E-state index >= 15 is 0 Å². The monoisotopic (exact) mass is 228 g/mol. The van der Waals surface area contributed by atoms with Gasteiger partial charge in [-0.25, -0.2) is 0 Å². The molecule has 1 aliphatic rings. The molecule has 0 bridgehead atoms. The van der Waals surface area contributed by atoms with Gasteiger partial charge >= 0.3 is 0 Å². The second-order valence-corrected chi connectivity index (χ2v) is 5.48. The second kappa shape index (κ2) is 5.15. The Kier molecular flexibility index (Phi) is 4.33. The van der Waals surface area contributed by atoms with Crippen molar-refractivity contribution in [2.45, 2.75) is 51.1 Å². The zero-order valence-electron chi connectivity index (χ0n) is 10.6. The van der Waals surface area contributed by atoms with Crippen molar-refractivity contribution in [1.29, 1.82) is 0 Å². The van der Waals surface area contributed by atoms with Gasteiger partial charge in [-0.1, -0.05) is 0 Å². The van der Waals surface area contributed by atoms with Gasteiger partial charge in [0.05, 0.1) is 12.1 Å². The molecule has 4 nitrogen and oxygen atoms in total. The van der Waals surface area contributed by atoms with Crippen molar-refractivity contribution in [1.82, 2.24) is 4.90 Å². The Bertz CT molecular complexity index is 245. The molecule has 0 aliphatic heterocycles. The molecule has 0 saturated heterocycles. The predicted molar refractivity (Wildman–Crippen MR) is 63.9 cm³/mol. The Morgan fingerprint density at radius 1 is 1.38 bits per heavy atom. The molecule has 0 atom stereocenters. The van der Waals surface area contributed by atoms with Gasteiger partial charge in [-0.3, -0.25) is 4.79 Å². The molecule has 0 aromatic rings. The van der Waals surface area contributed by atoms with Gasteiger partial charge in [-0.2, -0.15) is 0 Å². The van der Waals surface area contributed by atoms with Crippen LogP contribution in [0.25, 0.3) is 0 Å². The highest BCUT2D eigenvalue weighted by molar-refractivity contribution is 5.79. The van der Waals surface area contributed by atoms with Crippen molar-refractivity contribution in [2.24, 2.45) is 11.7 Å². The number of nitrogens with zero attached hydrogens (tertiary/aromatic N) is 1. The lowest BCUT2D eigenvalue weighted by molar-refractivity contribution is -0.141. The van der Waals surface area contributed by atoms with Gasteiger partial charge in [0.1, 0.15) is 0 Å². The van der Waals surface area contributed by atoms with Crippen molar-refractivity contribution in [2.75, 3.05) is 13.7 Å². The first kappa shape index (κ1) is 13.5. The number of nitrogens with two attached hydrogens (primary N) is 1. The van der Waals surface area contributed by atoms with E-state index in [4.69, 9.17) is 5.73 Å². The summed E-state index contributed by atoms with van der Waals surface area (Å²) < 4.78 is 0. The lowest BCUT2D eigenvalue weighted by Gasteiger charge is -2.37. The van der Waals surface area contributed by atoms with Gasteiger partial charge in [0.25, 0.3) is 0 Å². The molecule has 1 saturated carbocycles. The van der Waals surface area contributed by atoms with E-state index in [1.165, 1.54) is 0 Å². The van der Waals surface area contributed by atoms with Crippen LogP contribution in [0.4, 0.5) is 0 Å². The first-order valence-electron chi connectivity index (χ1n) is 6.02. The van der Waals surface area contributed by atoms with Crippen LogP contribution in [-0.2, 0) is 4.79 Å². The Hall–Kier alpha value is -0.610. The van der Waals surface area contributed by atoms with E-state index in [1.807, 2.05) is 13.8 Å². The quantitative estimate of drug-likeness (QED) is 0.748. The van der Waals surface area contributed by atoms with Crippen LogP contribution in [0.1, 0.15) is 39.5 Å². The second-order valence-electron chi connectivity index (χ2n) is 5.48. The minimum atomic E-state index is -0.476. The molecule has 16 heavy (non-hydrogen) atoms. The van der Waals surface area contributed by atoms with Crippen molar-refractivity contribution in [3.05, 3.63) is 0 Å². The normalized spacial score (nSPS) is 26.6. The number of aliphatic hydroxyl groups excluding tert-OH is 1. The molecule has 1 aliphatic carbocycles. The fourth-order valence-electron chi connectivity index (χ4n) is 2.04. The molecule has 0 heterocycles. The fraction of sp³-hybridized carbons (Fsp3) is 0.917. The molecular formula is C12H24N2O2. The lowest BCUT2D eigenvalue weighted by Crippen LogP contribution is -2.50. The zero-order valence-corrected chi connectivity index (χ0v) is 10.6. The average molecular weight is 228 g/mol. The van der Waals surface area contributed by atoms with Crippen LogP contribution < -0.4 is 5.73 Å². The molecule has 0 unspecified atom stereocenters. The molecule has 0 aromatic carbocycles. The van der Waals surface area contributed by atoms with Crippen LogP contribution in [0.3, 0.4) is 0 Å². The number of rotatable bonds is 3. The van der Waals surface area contributed by atoms with E-state index < -0.39 is 5.54 Å². The highest BCUT2D eigenvalue weighted by atomic mass is 16.3. The highest BCUT2D eigenvalue weighted by Gasteiger charge is 2.33. The molecule has 1 fully saturated rings. The number of hydrogen-bond donors (Lipinski definition) is 2. The van der Waals surface area contributed by atoms with E-state index in [1.54, 1.807) is 11.9 Å². The minimum Gasteiger partial charge on any atom is -0.394 e. The van der Waals surface area contributed by atoms with E-state index in [-0.39, 0.29) is 24.5 Å². The average Bonchev–Trinajstić information content (AvgIpc) is 2.28. The van der Waals surface area contributed by atoms with Gasteiger partial charge in [0, 0.05) is 19.0 Å². The maximum absolute atomic E-state index is 12.2. The number of carbonyl (C=O) groups excluding carboxylic acids is 1. The minimum absolute atomic E-state index is 0.0124. The SMILES string of the molecule is CN(C(=O)C1CCC(N)CC1)C(C)(C)CO. The summed E-state index contributed by atoms with van der Waals surface area (Å²) in [6.45, 7) is 3.74. The van der Waals surface area contributed by atoms with Crippen molar-refractivity contribution < 1.29 is 9.90 Å². The Labute approximate surface area is 97.8 Å². The molecule has 1 amide bonds. The van der Waals surface area contributed by atoms with Gasteiger partial charge in [0.2, 0.25) is 5.91 Å². The summed E-state index contributed by atoms with van der Waals surface area (Å²) in [7, 11) is 1.77. The van der Waals surface area contributed by atoms with Crippen LogP contribution in [0, 0.1) is 5.92 Å². The molecule has 0 spiro atoms. The molecule has 3 N–H and O–H groups in total. The number of aliphatic hydroxyl groups is 1. The third kappa shape index (κ3) is 2.95. The third-order valence-electron chi connectivity index (χ3n) is 3.75. The first-order valence-corrected chi connectivity index (χ1v) is 6.02. The standard InChI is InChI=1S/C12H24N2O2/c1-12(2,8-15)14(3)11(16)9-4-6-10(13)7-5-9/h9-10,15H,4-8,13H2,1-3H3. The van der Waals surface area contributed by atoms with Crippen LogP contribution in [0.15, 0.2) is 0 Å². The van der Waals surface area contributed by atoms with E-state index in [0.717, 1.165) is 25.7 Å². The molecule has 0 aromatic heterocycles. The number of hydrogen-bond acceptors (Lipinski definition) is 3. The molecule has 4 heteroatoms. The molecule has 1 rings (SSSR count). The van der Waals surface area contributed by atoms with Crippen molar-refractivity contribution in [3.8, 4) is 0 Å². The predicted octanol–water partition coefficient (Wildman–Crippen LogP) is 0.733. The molecule has 0 radical (unpaired) electrons. The Morgan fingerprint density at radius 3 is 2.31 bits per heavy atom. The highest BCUT2D eigenvalue weighted by Crippen LogP contribution is 2.26. The Morgan fingerprint density at radius 2 is 1.88 bits per heavy atom. The van der Waals surface area contributed by atoms with Crippen LogP contribution >= 0.6 is 0 Å². The summed E-state index contributed by atoms with van der Waals surface area (Å²) in [5.74, 6) is 0.238. The third-order valence-corrected chi connectivity index (χ3v) is 3.75.